The minimum atomic E-state index is -0.213. The molecule has 0 unspecified atom stereocenters. The number of carbonyl (C=O) groups is 2. The maximum atomic E-state index is 13.1. The second-order valence-corrected chi connectivity index (χ2v) is 9.83. The Balaban J connectivity index is 1.68. The summed E-state index contributed by atoms with van der Waals surface area (Å²) in [6.45, 7) is 6.43. The lowest BCUT2D eigenvalue weighted by atomic mass is 9.44. The van der Waals surface area contributed by atoms with Crippen LogP contribution in [0.5, 0.6) is 0 Å². The predicted octanol–water partition coefficient (Wildman–Crippen LogP) is 3.77. The number of Topliss-reactive ketones (excluding diaryl/α,β-unsaturated/α-hetero) is 2. The highest BCUT2D eigenvalue weighted by Gasteiger charge is 2.63. The normalized spacial score (nSPS) is 53.9. The Morgan fingerprint density at radius 1 is 1.04 bits per heavy atom. The summed E-state index contributed by atoms with van der Waals surface area (Å²) < 4.78 is 0. The molecule has 0 aromatic carbocycles. The molecule has 3 heteroatoms. The standard InChI is InChI=1S/C21H32O3/c1-12(22)15-4-5-16-19-17(7-9-21(15,16)3)20(2)8-6-14(23)10-13(20)11-18(19)24/h13-17,19,23H,4-11H2,1-3H3/t13-,14+,15-,16+,17+,19+,20+,21-/m1/s1. The maximum absolute atomic E-state index is 13.1. The quantitative estimate of drug-likeness (QED) is 0.795. The largest absolute Gasteiger partial charge is 0.393 e. The summed E-state index contributed by atoms with van der Waals surface area (Å²) in [6, 6.07) is 0. The number of aliphatic hydroxyl groups is 1. The molecule has 0 bridgehead atoms. The van der Waals surface area contributed by atoms with Crippen molar-refractivity contribution in [3.8, 4) is 0 Å². The fourth-order valence-electron chi connectivity index (χ4n) is 7.58. The minimum Gasteiger partial charge on any atom is -0.393 e. The molecule has 3 nitrogen and oxygen atoms in total. The smallest absolute Gasteiger partial charge is 0.136 e. The van der Waals surface area contributed by atoms with Crippen molar-refractivity contribution in [2.45, 2.75) is 78.2 Å². The molecule has 0 heterocycles. The van der Waals surface area contributed by atoms with E-state index in [1.165, 1.54) is 0 Å². The molecule has 4 saturated carbocycles. The lowest BCUT2D eigenvalue weighted by Gasteiger charge is -2.59. The molecule has 4 fully saturated rings. The van der Waals surface area contributed by atoms with Gasteiger partial charge in [0.1, 0.15) is 11.6 Å². The Labute approximate surface area is 145 Å². The van der Waals surface area contributed by atoms with Crippen LogP contribution in [0, 0.1) is 40.4 Å². The van der Waals surface area contributed by atoms with Crippen molar-refractivity contribution in [2.75, 3.05) is 0 Å². The van der Waals surface area contributed by atoms with Gasteiger partial charge in [-0.25, -0.2) is 0 Å². The minimum absolute atomic E-state index is 0.0417. The first-order valence-electron chi connectivity index (χ1n) is 9.98. The van der Waals surface area contributed by atoms with Gasteiger partial charge in [-0.1, -0.05) is 13.8 Å². The summed E-state index contributed by atoms with van der Waals surface area (Å²) in [5.41, 5.74) is 0.257. The predicted molar refractivity (Wildman–Crippen MR) is 92.3 cm³/mol. The molecule has 4 aliphatic carbocycles. The highest BCUT2D eigenvalue weighted by Crippen LogP contribution is 2.66. The number of fused-ring (bicyclic) bond motifs is 5. The van der Waals surface area contributed by atoms with Gasteiger partial charge >= 0.3 is 0 Å². The van der Waals surface area contributed by atoms with E-state index in [-0.39, 0.29) is 28.8 Å². The van der Waals surface area contributed by atoms with Crippen molar-refractivity contribution in [1.82, 2.24) is 0 Å². The van der Waals surface area contributed by atoms with Crippen LogP contribution >= 0.6 is 0 Å². The third-order valence-corrected chi connectivity index (χ3v) is 8.93. The zero-order valence-electron chi connectivity index (χ0n) is 15.4. The molecule has 0 spiro atoms. The lowest BCUT2D eigenvalue weighted by Crippen LogP contribution is -2.57. The van der Waals surface area contributed by atoms with E-state index in [1.807, 2.05) is 0 Å². The van der Waals surface area contributed by atoms with Gasteiger partial charge in [0.15, 0.2) is 0 Å². The molecule has 0 saturated heterocycles. The van der Waals surface area contributed by atoms with Crippen LogP contribution in [0.25, 0.3) is 0 Å². The summed E-state index contributed by atoms with van der Waals surface area (Å²) >= 11 is 0. The molecule has 8 atom stereocenters. The first-order chi connectivity index (χ1) is 11.3. The number of carbonyl (C=O) groups excluding carboxylic acids is 2. The zero-order valence-corrected chi connectivity index (χ0v) is 15.4. The molecular weight excluding hydrogens is 300 g/mol. The van der Waals surface area contributed by atoms with Crippen LogP contribution in [0.15, 0.2) is 0 Å². The van der Waals surface area contributed by atoms with Gasteiger partial charge in [0.25, 0.3) is 0 Å². The van der Waals surface area contributed by atoms with E-state index in [4.69, 9.17) is 0 Å². The van der Waals surface area contributed by atoms with E-state index in [9.17, 15) is 14.7 Å². The third-order valence-electron chi connectivity index (χ3n) is 8.93. The van der Waals surface area contributed by atoms with E-state index in [0.29, 0.717) is 35.7 Å². The second kappa shape index (κ2) is 5.40. The zero-order chi connectivity index (χ0) is 17.3. The molecule has 4 aliphatic rings. The van der Waals surface area contributed by atoms with Crippen molar-refractivity contribution in [1.29, 1.82) is 0 Å². The summed E-state index contributed by atoms with van der Waals surface area (Å²) in [4.78, 5) is 25.3. The summed E-state index contributed by atoms with van der Waals surface area (Å²) in [5.74, 6) is 2.34. The molecular formula is C21H32O3. The molecule has 1 N–H and O–H groups in total. The second-order valence-electron chi connectivity index (χ2n) is 9.83. The van der Waals surface area contributed by atoms with Crippen molar-refractivity contribution >= 4 is 11.6 Å². The number of hydrogen-bond acceptors (Lipinski definition) is 3. The van der Waals surface area contributed by atoms with Crippen LogP contribution in [0.4, 0.5) is 0 Å². The third kappa shape index (κ3) is 2.12. The SMILES string of the molecule is CC(=O)[C@H]1CC[C@H]2[C@@H]3C(=O)C[C@H]4C[C@@H](O)CC[C@]4(C)[C@H]3CC[C@]12C. The van der Waals surface area contributed by atoms with Crippen LogP contribution in [-0.4, -0.2) is 22.8 Å². The Morgan fingerprint density at radius 3 is 2.42 bits per heavy atom. The highest BCUT2D eigenvalue weighted by atomic mass is 16.3. The van der Waals surface area contributed by atoms with E-state index in [0.717, 1.165) is 44.9 Å². The van der Waals surface area contributed by atoms with Crippen LogP contribution < -0.4 is 0 Å². The van der Waals surface area contributed by atoms with Crippen molar-refractivity contribution in [2.24, 2.45) is 40.4 Å². The van der Waals surface area contributed by atoms with Crippen molar-refractivity contribution in [3.05, 3.63) is 0 Å². The van der Waals surface area contributed by atoms with Crippen LogP contribution in [0.3, 0.4) is 0 Å². The van der Waals surface area contributed by atoms with Crippen LogP contribution in [0.1, 0.15) is 72.1 Å². The van der Waals surface area contributed by atoms with E-state index in [2.05, 4.69) is 13.8 Å². The van der Waals surface area contributed by atoms with Gasteiger partial charge in [0.2, 0.25) is 0 Å². The molecule has 134 valence electrons. The summed E-state index contributed by atoms with van der Waals surface area (Å²) in [5, 5.41) is 10.1. The van der Waals surface area contributed by atoms with Gasteiger partial charge in [-0.3, -0.25) is 9.59 Å². The van der Waals surface area contributed by atoms with Gasteiger partial charge in [0.05, 0.1) is 6.10 Å². The van der Waals surface area contributed by atoms with Crippen molar-refractivity contribution < 1.29 is 14.7 Å². The van der Waals surface area contributed by atoms with Crippen molar-refractivity contribution in [3.63, 3.8) is 0 Å². The van der Waals surface area contributed by atoms with E-state index >= 15 is 0 Å². The topological polar surface area (TPSA) is 54.4 Å². The number of aliphatic hydroxyl groups excluding tert-OH is 1. The van der Waals surface area contributed by atoms with Gasteiger partial charge in [0, 0.05) is 18.3 Å². The number of rotatable bonds is 1. The molecule has 0 amide bonds. The fraction of sp³-hybridized carbons (Fsp3) is 0.905. The van der Waals surface area contributed by atoms with Gasteiger partial charge in [-0.05, 0) is 80.5 Å². The number of ketones is 2. The van der Waals surface area contributed by atoms with Gasteiger partial charge < -0.3 is 5.11 Å². The Morgan fingerprint density at radius 2 is 1.71 bits per heavy atom. The van der Waals surface area contributed by atoms with Crippen LogP contribution in [-0.2, 0) is 9.59 Å². The molecule has 24 heavy (non-hydrogen) atoms. The van der Waals surface area contributed by atoms with E-state index < -0.39 is 0 Å². The lowest BCUT2D eigenvalue weighted by molar-refractivity contribution is -0.161. The first kappa shape index (κ1) is 16.8. The molecule has 0 aliphatic heterocycles. The number of hydrogen-bond donors (Lipinski definition) is 1. The fourth-order valence-corrected chi connectivity index (χ4v) is 7.58. The van der Waals surface area contributed by atoms with Gasteiger partial charge in [-0.2, -0.15) is 0 Å². The Bertz CT molecular complexity index is 569. The summed E-state index contributed by atoms with van der Waals surface area (Å²) in [7, 11) is 0. The van der Waals surface area contributed by atoms with Crippen LogP contribution in [0.2, 0.25) is 0 Å². The Hall–Kier alpha value is -0.700. The highest BCUT2D eigenvalue weighted by molar-refractivity contribution is 5.84. The first-order valence-corrected chi connectivity index (χ1v) is 9.98. The molecule has 0 aromatic heterocycles. The Kier molecular flexibility index (Phi) is 3.77. The molecule has 0 aromatic rings. The maximum Gasteiger partial charge on any atom is 0.136 e. The monoisotopic (exact) mass is 332 g/mol. The van der Waals surface area contributed by atoms with Gasteiger partial charge in [-0.15, -0.1) is 0 Å². The summed E-state index contributed by atoms with van der Waals surface area (Å²) in [6.07, 6.45) is 7.43. The average Bonchev–Trinajstić information content (AvgIpc) is 2.86. The van der Waals surface area contributed by atoms with E-state index in [1.54, 1.807) is 6.92 Å². The molecule has 0 radical (unpaired) electrons. The molecule has 4 rings (SSSR count). The average molecular weight is 332 g/mol.